The third kappa shape index (κ3) is 4.06. The van der Waals surface area contributed by atoms with Gasteiger partial charge in [0.1, 0.15) is 11.5 Å². The molecule has 1 N–H and O–H groups in total. The van der Waals surface area contributed by atoms with Crippen LogP contribution in [0, 0.1) is 0 Å². The summed E-state index contributed by atoms with van der Waals surface area (Å²) in [5.74, 6) is -0.388. The molecule has 2 aromatic carbocycles. The van der Waals surface area contributed by atoms with Crippen LogP contribution in [0.3, 0.4) is 0 Å². The second kappa shape index (κ2) is 7.95. The van der Waals surface area contributed by atoms with Crippen LogP contribution >= 0.6 is 23.2 Å². The van der Waals surface area contributed by atoms with E-state index in [-0.39, 0.29) is 15.6 Å². The molecule has 1 heterocycles. The number of halogens is 2. The summed E-state index contributed by atoms with van der Waals surface area (Å²) in [6.07, 6.45) is 1.92. The highest BCUT2D eigenvalue weighted by Gasteiger charge is 2.24. The number of amides is 1. The van der Waals surface area contributed by atoms with Gasteiger partial charge in [-0.15, -0.1) is 0 Å². The second-order valence-electron chi connectivity index (χ2n) is 6.08. The van der Waals surface area contributed by atoms with Crippen LogP contribution in [-0.2, 0) is 23.5 Å². The number of hydrogen-bond donors (Lipinski definition) is 1. The average molecular weight is 438 g/mol. The van der Waals surface area contributed by atoms with Crippen LogP contribution in [0.4, 0.5) is 0 Å². The van der Waals surface area contributed by atoms with Crippen molar-refractivity contribution in [1.82, 2.24) is 14.3 Å². The molecular weight excluding hydrogens is 421 g/mol. The van der Waals surface area contributed by atoms with Gasteiger partial charge in [0.15, 0.2) is 0 Å². The molecule has 1 aromatic heterocycles. The van der Waals surface area contributed by atoms with Crippen LogP contribution in [0.5, 0.6) is 0 Å². The molecule has 0 aliphatic carbocycles. The Hall–Kier alpha value is -2.35. The zero-order chi connectivity index (χ0) is 20.5. The van der Waals surface area contributed by atoms with Gasteiger partial charge in [0.25, 0.3) is 15.9 Å². The maximum atomic E-state index is 12.7. The number of carbonyl (C=O) groups is 1. The van der Waals surface area contributed by atoms with Gasteiger partial charge >= 0.3 is 0 Å². The van der Waals surface area contributed by atoms with E-state index >= 15 is 0 Å². The highest BCUT2D eigenvalue weighted by atomic mass is 35.5. The Balaban J connectivity index is 1.93. The number of benzene rings is 2. The lowest BCUT2D eigenvalue weighted by Crippen LogP contribution is -2.31. The van der Waals surface area contributed by atoms with Gasteiger partial charge in [-0.1, -0.05) is 48.3 Å². The molecule has 0 saturated heterocycles. The third-order valence-corrected chi connectivity index (χ3v) is 6.13. The summed E-state index contributed by atoms with van der Waals surface area (Å²) in [5.41, 5.74) is 1.15. The topological polar surface area (TPSA) is 81.1 Å². The van der Waals surface area contributed by atoms with Crippen LogP contribution < -0.4 is 4.72 Å². The van der Waals surface area contributed by atoms with Crippen LogP contribution in [0.25, 0.3) is 11.4 Å². The van der Waals surface area contributed by atoms with E-state index in [0.717, 1.165) is 0 Å². The molecule has 0 unspecified atom stereocenters. The fraction of sp³-hybridized carbons (Fsp3) is 0.158. The molecule has 0 fully saturated rings. The molecule has 0 aliphatic rings. The predicted octanol–water partition coefficient (Wildman–Crippen LogP) is 4.08. The van der Waals surface area contributed by atoms with Crippen molar-refractivity contribution in [3.8, 4) is 11.4 Å². The van der Waals surface area contributed by atoms with Gasteiger partial charge < -0.3 is 4.57 Å². The lowest BCUT2D eigenvalue weighted by atomic mass is 10.2. The molecule has 0 spiro atoms. The minimum Gasteiger partial charge on any atom is -0.333 e. The minimum absolute atomic E-state index is 0.0295. The molecule has 0 atom stereocenters. The number of hydrogen-bond acceptors (Lipinski definition) is 4. The van der Waals surface area contributed by atoms with Gasteiger partial charge in [0.2, 0.25) is 0 Å². The molecule has 6 nitrogen and oxygen atoms in total. The molecule has 0 bridgehead atoms. The van der Waals surface area contributed by atoms with E-state index in [1.807, 2.05) is 6.92 Å². The van der Waals surface area contributed by atoms with E-state index < -0.39 is 15.9 Å². The van der Waals surface area contributed by atoms with Crippen molar-refractivity contribution < 1.29 is 13.2 Å². The Kier molecular flexibility index (Phi) is 5.79. The summed E-state index contributed by atoms with van der Waals surface area (Å²) in [6, 6.07) is 11.6. The van der Waals surface area contributed by atoms with Crippen molar-refractivity contribution in [3.63, 3.8) is 0 Å². The third-order valence-electron chi connectivity index (χ3n) is 4.15. The summed E-state index contributed by atoms with van der Waals surface area (Å²) in [7, 11) is -2.41. The molecule has 9 heteroatoms. The maximum Gasteiger partial charge on any atom is 0.285 e. The van der Waals surface area contributed by atoms with Crippen LogP contribution in [0.15, 0.2) is 53.6 Å². The van der Waals surface area contributed by atoms with E-state index in [2.05, 4.69) is 9.71 Å². The first-order valence-electron chi connectivity index (χ1n) is 8.36. The summed E-state index contributed by atoms with van der Waals surface area (Å²) in [5, 5.41) is 0.742. The molecule has 1 amide bonds. The van der Waals surface area contributed by atoms with Gasteiger partial charge in [-0.3, -0.25) is 4.79 Å². The first-order valence-corrected chi connectivity index (χ1v) is 10.6. The van der Waals surface area contributed by atoms with Gasteiger partial charge in [0.05, 0.1) is 9.92 Å². The smallest absolute Gasteiger partial charge is 0.285 e. The molecule has 0 aliphatic heterocycles. The number of aromatic nitrogens is 2. The van der Waals surface area contributed by atoms with Gasteiger partial charge in [-0.05, 0) is 36.2 Å². The normalized spacial score (nSPS) is 11.4. The minimum atomic E-state index is -4.11. The zero-order valence-corrected chi connectivity index (χ0v) is 17.4. The molecule has 0 radical (unpaired) electrons. The Labute approximate surface area is 173 Å². The van der Waals surface area contributed by atoms with Crippen LogP contribution in [-0.4, -0.2) is 23.9 Å². The lowest BCUT2D eigenvalue weighted by Gasteiger charge is -2.10. The van der Waals surface area contributed by atoms with Crippen molar-refractivity contribution in [2.45, 2.75) is 18.2 Å². The lowest BCUT2D eigenvalue weighted by molar-refractivity contribution is 0.0977. The van der Waals surface area contributed by atoms with Crippen molar-refractivity contribution >= 4 is 39.1 Å². The first-order chi connectivity index (χ1) is 13.2. The quantitative estimate of drug-likeness (QED) is 0.651. The van der Waals surface area contributed by atoms with E-state index in [4.69, 9.17) is 23.2 Å². The van der Waals surface area contributed by atoms with Crippen LogP contribution in [0.2, 0.25) is 10.0 Å². The standard InChI is InChI=1S/C19H17Cl2N3O3S/c1-3-12-8-9-13(20)10-17(12)28(26,27)23-19(25)16-11-24(2)18(22-16)14-6-4-5-7-15(14)21/h4-11H,3H2,1-2H3,(H,23,25). The van der Waals surface area contributed by atoms with Gasteiger partial charge in [0, 0.05) is 23.8 Å². The highest BCUT2D eigenvalue weighted by molar-refractivity contribution is 7.90. The van der Waals surface area contributed by atoms with Crippen molar-refractivity contribution in [1.29, 1.82) is 0 Å². The Morgan fingerprint density at radius 3 is 2.57 bits per heavy atom. The Bertz CT molecular complexity index is 1160. The van der Waals surface area contributed by atoms with Gasteiger partial charge in [-0.25, -0.2) is 18.1 Å². The molecular formula is C19H17Cl2N3O3S. The van der Waals surface area contributed by atoms with E-state index in [1.165, 1.54) is 12.3 Å². The SMILES string of the molecule is CCc1ccc(Cl)cc1S(=O)(=O)NC(=O)c1cn(C)c(-c2ccccc2Cl)n1. The first kappa shape index (κ1) is 20.4. The fourth-order valence-corrected chi connectivity index (χ4v) is 4.52. The fourth-order valence-electron chi connectivity index (χ4n) is 2.77. The van der Waals surface area contributed by atoms with Crippen molar-refractivity contribution in [2.75, 3.05) is 0 Å². The summed E-state index contributed by atoms with van der Waals surface area (Å²) in [6.45, 7) is 1.82. The molecule has 146 valence electrons. The van der Waals surface area contributed by atoms with Gasteiger partial charge in [-0.2, -0.15) is 0 Å². The summed E-state index contributed by atoms with van der Waals surface area (Å²) < 4.78 is 29.1. The number of nitrogens with one attached hydrogen (secondary N) is 1. The predicted molar refractivity (Wildman–Crippen MR) is 109 cm³/mol. The number of imidazole rings is 1. The molecule has 3 rings (SSSR count). The van der Waals surface area contributed by atoms with E-state index in [1.54, 1.807) is 48.0 Å². The maximum absolute atomic E-state index is 12.7. The molecule has 3 aromatic rings. The molecule has 0 saturated carbocycles. The number of sulfonamides is 1. The average Bonchev–Trinajstić information content (AvgIpc) is 3.03. The van der Waals surface area contributed by atoms with E-state index in [0.29, 0.717) is 28.4 Å². The number of rotatable bonds is 5. The Morgan fingerprint density at radius 2 is 1.89 bits per heavy atom. The monoisotopic (exact) mass is 437 g/mol. The summed E-state index contributed by atoms with van der Waals surface area (Å²) in [4.78, 5) is 16.8. The van der Waals surface area contributed by atoms with Crippen LogP contribution in [0.1, 0.15) is 23.0 Å². The second-order valence-corrected chi connectivity index (χ2v) is 8.58. The highest BCUT2D eigenvalue weighted by Crippen LogP contribution is 2.27. The number of nitrogens with zero attached hydrogens (tertiary/aromatic N) is 2. The summed E-state index contributed by atoms with van der Waals surface area (Å²) >= 11 is 12.1. The van der Waals surface area contributed by atoms with Crippen molar-refractivity contribution in [3.05, 3.63) is 70.0 Å². The zero-order valence-electron chi connectivity index (χ0n) is 15.1. The molecule has 28 heavy (non-hydrogen) atoms. The largest absolute Gasteiger partial charge is 0.333 e. The number of carbonyl (C=O) groups excluding carboxylic acids is 1. The van der Waals surface area contributed by atoms with E-state index in [9.17, 15) is 13.2 Å². The number of aryl methyl sites for hydroxylation is 2. The van der Waals surface area contributed by atoms with Crippen molar-refractivity contribution in [2.24, 2.45) is 7.05 Å². The Morgan fingerprint density at radius 1 is 1.18 bits per heavy atom.